The molecule has 63 valence electrons. The maximum Gasteiger partial charge on any atom is 0.160 e. The first-order valence-corrected chi connectivity index (χ1v) is 4.14. The van der Waals surface area contributed by atoms with E-state index in [1.54, 1.807) is 6.92 Å². The highest BCUT2D eigenvalue weighted by atomic mass is 16.1. The van der Waals surface area contributed by atoms with Gasteiger partial charge in [0.2, 0.25) is 0 Å². The van der Waals surface area contributed by atoms with Crippen molar-refractivity contribution >= 4 is 5.78 Å². The summed E-state index contributed by atoms with van der Waals surface area (Å²) in [5, 5.41) is 0. The quantitative estimate of drug-likeness (QED) is 0.623. The first-order chi connectivity index (χ1) is 5.75. The van der Waals surface area contributed by atoms with Crippen molar-refractivity contribution in [1.29, 1.82) is 0 Å². The number of Topliss-reactive ketones (excluding diaryl/α,β-unsaturated/α-hetero) is 1. The van der Waals surface area contributed by atoms with Crippen molar-refractivity contribution in [3.05, 3.63) is 42.3 Å². The highest BCUT2D eigenvalue weighted by molar-refractivity contribution is 5.95. The normalized spacial score (nSPS) is 9.83. The van der Waals surface area contributed by atoms with Crippen LogP contribution in [0.25, 0.3) is 0 Å². The standard InChI is InChI=1S/C11H13O/c1-3-6-10-7-4-5-8-11(10)9(2)12/h4-5,7-8H,1,3,6H2,2H3. The fourth-order valence-electron chi connectivity index (χ4n) is 1.27. The Labute approximate surface area is 73.4 Å². The van der Waals surface area contributed by atoms with Gasteiger partial charge in [0.1, 0.15) is 0 Å². The van der Waals surface area contributed by atoms with Crippen LogP contribution < -0.4 is 0 Å². The van der Waals surface area contributed by atoms with Gasteiger partial charge in [0, 0.05) is 5.56 Å². The molecule has 0 aliphatic heterocycles. The molecule has 1 heteroatoms. The van der Waals surface area contributed by atoms with E-state index in [2.05, 4.69) is 6.92 Å². The van der Waals surface area contributed by atoms with Crippen LogP contribution in [0.4, 0.5) is 0 Å². The molecule has 1 aromatic carbocycles. The molecule has 0 aliphatic rings. The molecule has 12 heavy (non-hydrogen) atoms. The molecule has 1 rings (SSSR count). The lowest BCUT2D eigenvalue weighted by Gasteiger charge is -2.03. The predicted molar refractivity (Wildman–Crippen MR) is 50.1 cm³/mol. The zero-order valence-corrected chi connectivity index (χ0v) is 7.34. The first-order valence-electron chi connectivity index (χ1n) is 4.14. The Morgan fingerprint density at radius 3 is 2.67 bits per heavy atom. The molecule has 0 aliphatic carbocycles. The van der Waals surface area contributed by atoms with Crippen molar-refractivity contribution in [2.75, 3.05) is 0 Å². The Morgan fingerprint density at radius 1 is 1.42 bits per heavy atom. The van der Waals surface area contributed by atoms with Crippen LogP contribution in [-0.4, -0.2) is 5.78 Å². The molecule has 1 nitrogen and oxygen atoms in total. The fraction of sp³-hybridized carbons (Fsp3) is 0.273. The van der Waals surface area contributed by atoms with Crippen LogP contribution >= 0.6 is 0 Å². The molecule has 0 heterocycles. The predicted octanol–water partition coefficient (Wildman–Crippen LogP) is 2.66. The van der Waals surface area contributed by atoms with Crippen molar-refractivity contribution in [3.8, 4) is 0 Å². The molecule has 1 radical (unpaired) electrons. The van der Waals surface area contributed by atoms with Crippen LogP contribution in [0.2, 0.25) is 0 Å². The van der Waals surface area contributed by atoms with Gasteiger partial charge < -0.3 is 0 Å². The molecule has 0 bridgehead atoms. The van der Waals surface area contributed by atoms with Crippen LogP contribution in [0.5, 0.6) is 0 Å². The molecule has 0 spiro atoms. The molecule has 0 aromatic heterocycles. The van der Waals surface area contributed by atoms with E-state index in [0.717, 1.165) is 24.0 Å². The summed E-state index contributed by atoms with van der Waals surface area (Å²) in [5.41, 5.74) is 1.95. The lowest BCUT2D eigenvalue weighted by atomic mass is 10.0. The third-order valence-corrected chi connectivity index (χ3v) is 1.84. The SMILES string of the molecule is [CH2]CCc1ccccc1C(C)=O. The molecular formula is C11H13O. The maximum absolute atomic E-state index is 11.1. The van der Waals surface area contributed by atoms with E-state index in [1.807, 2.05) is 24.3 Å². The molecule has 0 amide bonds. The molecule has 0 saturated heterocycles. The van der Waals surface area contributed by atoms with Gasteiger partial charge >= 0.3 is 0 Å². The Bertz CT molecular complexity index is 276. The summed E-state index contributed by atoms with van der Waals surface area (Å²) in [5.74, 6) is 0.138. The highest BCUT2D eigenvalue weighted by Gasteiger charge is 2.03. The van der Waals surface area contributed by atoms with E-state index in [1.165, 1.54) is 0 Å². The second-order valence-corrected chi connectivity index (χ2v) is 2.82. The number of aryl methyl sites for hydroxylation is 1. The zero-order valence-electron chi connectivity index (χ0n) is 7.34. The smallest absolute Gasteiger partial charge is 0.160 e. The molecule has 0 unspecified atom stereocenters. The average molecular weight is 161 g/mol. The number of carbonyl (C=O) groups excluding carboxylic acids is 1. The summed E-state index contributed by atoms with van der Waals surface area (Å²) in [6.45, 7) is 5.37. The number of hydrogen-bond donors (Lipinski definition) is 0. The van der Waals surface area contributed by atoms with Crippen LogP contribution in [0.3, 0.4) is 0 Å². The Hall–Kier alpha value is -1.11. The van der Waals surface area contributed by atoms with Gasteiger partial charge in [-0.05, 0) is 25.3 Å². The van der Waals surface area contributed by atoms with Crippen LogP contribution in [0.15, 0.2) is 24.3 Å². The molecule has 0 fully saturated rings. The van der Waals surface area contributed by atoms with Gasteiger partial charge in [0.05, 0.1) is 0 Å². The summed E-state index contributed by atoms with van der Waals surface area (Å²) in [4.78, 5) is 11.1. The lowest BCUT2D eigenvalue weighted by Crippen LogP contribution is -1.98. The largest absolute Gasteiger partial charge is 0.295 e. The molecule has 0 N–H and O–H groups in total. The van der Waals surface area contributed by atoms with Gasteiger partial charge in [-0.15, -0.1) is 0 Å². The van der Waals surface area contributed by atoms with Crippen molar-refractivity contribution in [2.24, 2.45) is 0 Å². The van der Waals surface area contributed by atoms with Crippen molar-refractivity contribution in [1.82, 2.24) is 0 Å². The van der Waals surface area contributed by atoms with Gasteiger partial charge in [-0.25, -0.2) is 0 Å². The summed E-state index contributed by atoms with van der Waals surface area (Å²) >= 11 is 0. The third kappa shape index (κ3) is 1.94. The minimum absolute atomic E-state index is 0.138. The number of benzene rings is 1. The average Bonchev–Trinajstić information content (AvgIpc) is 2.05. The van der Waals surface area contributed by atoms with Gasteiger partial charge in [-0.3, -0.25) is 4.79 Å². The van der Waals surface area contributed by atoms with Gasteiger partial charge in [0.15, 0.2) is 5.78 Å². The number of rotatable bonds is 3. The lowest BCUT2D eigenvalue weighted by molar-refractivity contribution is 0.101. The van der Waals surface area contributed by atoms with E-state index in [0.29, 0.717) is 0 Å². The minimum Gasteiger partial charge on any atom is -0.295 e. The Balaban J connectivity index is 3.00. The number of carbonyl (C=O) groups is 1. The monoisotopic (exact) mass is 161 g/mol. The van der Waals surface area contributed by atoms with E-state index in [4.69, 9.17) is 0 Å². The van der Waals surface area contributed by atoms with Crippen LogP contribution in [-0.2, 0) is 6.42 Å². The second-order valence-electron chi connectivity index (χ2n) is 2.82. The maximum atomic E-state index is 11.1. The van der Waals surface area contributed by atoms with Crippen molar-refractivity contribution in [3.63, 3.8) is 0 Å². The van der Waals surface area contributed by atoms with Crippen LogP contribution in [0.1, 0.15) is 29.3 Å². The fourth-order valence-corrected chi connectivity index (χ4v) is 1.27. The Kier molecular flexibility index (Phi) is 3.03. The minimum atomic E-state index is 0.138. The van der Waals surface area contributed by atoms with Crippen molar-refractivity contribution in [2.45, 2.75) is 19.8 Å². The second kappa shape index (κ2) is 4.05. The number of hydrogen-bond acceptors (Lipinski definition) is 1. The summed E-state index contributed by atoms with van der Waals surface area (Å²) in [6.07, 6.45) is 1.72. The topological polar surface area (TPSA) is 17.1 Å². The number of ketones is 1. The molecule has 1 aromatic rings. The first kappa shape index (κ1) is 8.98. The summed E-state index contributed by atoms with van der Waals surface area (Å²) in [6, 6.07) is 7.70. The van der Waals surface area contributed by atoms with Gasteiger partial charge in [-0.1, -0.05) is 31.2 Å². The zero-order chi connectivity index (χ0) is 8.97. The third-order valence-electron chi connectivity index (χ3n) is 1.84. The van der Waals surface area contributed by atoms with E-state index < -0.39 is 0 Å². The highest BCUT2D eigenvalue weighted by Crippen LogP contribution is 2.11. The molecule has 0 atom stereocenters. The van der Waals surface area contributed by atoms with Gasteiger partial charge in [0.25, 0.3) is 0 Å². The summed E-state index contributed by atoms with van der Waals surface area (Å²) < 4.78 is 0. The van der Waals surface area contributed by atoms with E-state index >= 15 is 0 Å². The summed E-state index contributed by atoms with van der Waals surface area (Å²) in [7, 11) is 0. The van der Waals surface area contributed by atoms with E-state index in [9.17, 15) is 4.79 Å². The van der Waals surface area contributed by atoms with Crippen molar-refractivity contribution < 1.29 is 4.79 Å². The van der Waals surface area contributed by atoms with Gasteiger partial charge in [-0.2, -0.15) is 0 Å². The van der Waals surface area contributed by atoms with Crippen LogP contribution in [0, 0.1) is 6.92 Å². The molecule has 0 saturated carbocycles. The molecular weight excluding hydrogens is 148 g/mol. The Morgan fingerprint density at radius 2 is 2.08 bits per heavy atom. The van der Waals surface area contributed by atoms with E-state index in [-0.39, 0.29) is 5.78 Å².